The van der Waals surface area contributed by atoms with Crippen LogP contribution >= 0.6 is 11.3 Å². The number of benzene rings is 1. The molecule has 1 aromatic carbocycles. The number of carbonyl (C=O) groups is 1. The fraction of sp³-hybridized carbons (Fsp3) is 0.174. The molecule has 0 bridgehead atoms. The van der Waals surface area contributed by atoms with Gasteiger partial charge < -0.3 is 10.4 Å². The summed E-state index contributed by atoms with van der Waals surface area (Å²) >= 11 is 1.64. The minimum atomic E-state index is -0.948. The van der Waals surface area contributed by atoms with Crippen molar-refractivity contribution in [3.8, 4) is 10.7 Å². The van der Waals surface area contributed by atoms with Crippen LogP contribution in [-0.4, -0.2) is 21.0 Å². The molecule has 0 aliphatic rings. The second kappa shape index (κ2) is 9.30. The van der Waals surface area contributed by atoms with Gasteiger partial charge in [0.1, 0.15) is 5.82 Å². The first-order valence-corrected chi connectivity index (χ1v) is 10.2. The number of aryl methyl sites for hydroxylation is 1. The number of allylic oxidation sites excluding steroid dienone is 2. The first-order chi connectivity index (χ1) is 14.0. The maximum atomic E-state index is 11.1. The zero-order chi connectivity index (χ0) is 20.8. The predicted molar refractivity (Wildman–Crippen MR) is 120 cm³/mol. The third-order valence-corrected chi connectivity index (χ3v) is 5.40. The molecule has 5 nitrogen and oxygen atoms in total. The highest BCUT2D eigenvalue weighted by Crippen LogP contribution is 2.31. The van der Waals surface area contributed by atoms with Crippen molar-refractivity contribution >= 4 is 34.9 Å². The molecule has 0 atom stereocenters. The number of aromatic nitrogens is 2. The first kappa shape index (κ1) is 20.5. The van der Waals surface area contributed by atoms with Crippen molar-refractivity contribution in [2.24, 2.45) is 0 Å². The van der Waals surface area contributed by atoms with Crippen LogP contribution in [0.3, 0.4) is 0 Å². The summed E-state index contributed by atoms with van der Waals surface area (Å²) in [5.41, 5.74) is 2.99. The molecule has 0 unspecified atom stereocenters. The largest absolute Gasteiger partial charge is 0.478 e. The topological polar surface area (TPSA) is 75.1 Å². The Morgan fingerprint density at radius 2 is 1.97 bits per heavy atom. The van der Waals surface area contributed by atoms with Crippen molar-refractivity contribution in [2.45, 2.75) is 26.7 Å². The number of nitrogens with one attached hydrogen (secondary N) is 1. The Bertz CT molecular complexity index is 1050. The molecule has 0 saturated heterocycles. The Hall–Kier alpha value is -3.25. The monoisotopic (exact) mass is 405 g/mol. The summed E-state index contributed by atoms with van der Waals surface area (Å²) in [7, 11) is 0. The van der Waals surface area contributed by atoms with E-state index in [1.165, 1.54) is 0 Å². The lowest BCUT2D eigenvalue weighted by atomic mass is 10.1. The maximum Gasteiger partial charge on any atom is 0.335 e. The Labute approximate surface area is 174 Å². The minimum Gasteiger partial charge on any atom is -0.478 e. The molecule has 148 valence electrons. The van der Waals surface area contributed by atoms with Crippen molar-refractivity contribution in [3.63, 3.8) is 0 Å². The number of rotatable bonds is 8. The molecular weight excluding hydrogens is 382 g/mol. The molecule has 29 heavy (non-hydrogen) atoms. The zero-order valence-electron chi connectivity index (χ0n) is 16.5. The average Bonchev–Trinajstić information content (AvgIpc) is 3.18. The van der Waals surface area contributed by atoms with Crippen LogP contribution in [-0.2, 0) is 12.8 Å². The quantitative estimate of drug-likeness (QED) is 0.452. The number of thiophene rings is 1. The lowest BCUT2D eigenvalue weighted by Crippen LogP contribution is -2.07. The van der Waals surface area contributed by atoms with Gasteiger partial charge in [-0.25, -0.2) is 14.8 Å². The minimum absolute atomic E-state index is 0.245. The number of aromatic carboxylic acids is 1. The Kier molecular flexibility index (Phi) is 6.57. The van der Waals surface area contributed by atoms with E-state index in [0.29, 0.717) is 12.2 Å². The van der Waals surface area contributed by atoms with Gasteiger partial charge in [-0.1, -0.05) is 19.1 Å². The normalized spacial score (nSPS) is 11.0. The summed E-state index contributed by atoms with van der Waals surface area (Å²) in [5, 5.41) is 12.4. The lowest BCUT2D eigenvalue weighted by molar-refractivity contribution is 0.0697. The fourth-order valence-corrected chi connectivity index (χ4v) is 3.87. The van der Waals surface area contributed by atoms with Gasteiger partial charge in [-0.3, -0.25) is 0 Å². The highest BCUT2D eigenvalue weighted by atomic mass is 32.1. The van der Waals surface area contributed by atoms with Crippen LogP contribution in [0.15, 0.2) is 55.1 Å². The highest BCUT2D eigenvalue weighted by molar-refractivity contribution is 7.16. The molecule has 0 aliphatic heterocycles. The summed E-state index contributed by atoms with van der Waals surface area (Å²) in [4.78, 5) is 22.8. The predicted octanol–water partition coefficient (Wildman–Crippen LogP) is 5.97. The smallest absolute Gasteiger partial charge is 0.335 e. The number of anilines is 2. The Balaban J connectivity index is 2.04. The number of hydrogen-bond donors (Lipinski definition) is 2. The van der Waals surface area contributed by atoms with E-state index >= 15 is 0 Å². The van der Waals surface area contributed by atoms with E-state index in [1.54, 1.807) is 35.6 Å². The molecule has 0 fully saturated rings. The van der Waals surface area contributed by atoms with E-state index in [0.717, 1.165) is 38.9 Å². The van der Waals surface area contributed by atoms with Gasteiger partial charge >= 0.3 is 5.97 Å². The van der Waals surface area contributed by atoms with E-state index in [9.17, 15) is 4.79 Å². The van der Waals surface area contributed by atoms with Crippen LogP contribution in [0.4, 0.5) is 11.5 Å². The molecule has 6 heteroatoms. The molecule has 2 aromatic heterocycles. The summed E-state index contributed by atoms with van der Waals surface area (Å²) in [6.07, 6.45) is 7.33. The van der Waals surface area contributed by atoms with Crippen molar-refractivity contribution in [1.82, 2.24) is 9.97 Å². The van der Waals surface area contributed by atoms with Crippen LogP contribution in [0.1, 0.15) is 40.3 Å². The van der Waals surface area contributed by atoms with E-state index in [4.69, 9.17) is 15.1 Å². The van der Waals surface area contributed by atoms with E-state index in [1.807, 2.05) is 25.1 Å². The van der Waals surface area contributed by atoms with Crippen LogP contribution in [0.25, 0.3) is 16.8 Å². The average molecular weight is 406 g/mol. The van der Waals surface area contributed by atoms with Crippen molar-refractivity contribution in [2.75, 3.05) is 5.32 Å². The number of hydrogen-bond acceptors (Lipinski definition) is 5. The van der Waals surface area contributed by atoms with Crippen molar-refractivity contribution in [1.29, 1.82) is 0 Å². The summed E-state index contributed by atoms with van der Waals surface area (Å²) in [6.45, 7) is 7.93. The third kappa shape index (κ3) is 4.78. The number of carboxylic acid groups (broad SMARTS) is 1. The van der Waals surface area contributed by atoms with Crippen LogP contribution in [0.5, 0.6) is 0 Å². The van der Waals surface area contributed by atoms with E-state index in [-0.39, 0.29) is 5.56 Å². The molecule has 0 amide bonds. The number of carboxylic acids is 1. The summed E-state index contributed by atoms with van der Waals surface area (Å²) in [5.74, 6) is 0.451. The zero-order valence-corrected chi connectivity index (χ0v) is 17.3. The molecule has 0 radical (unpaired) electrons. The third-order valence-electron chi connectivity index (χ3n) is 4.35. The number of nitrogens with zero attached hydrogens (tertiary/aromatic N) is 2. The SMILES string of the molecule is C=CCc1c(CC)nc(-c2ccc(C=CC)s2)nc1Nc1ccc(C(=O)O)cc1. The fourth-order valence-electron chi connectivity index (χ4n) is 2.95. The molecule has 2 heterocycles. The van der Waals surface area contributed by atoms with Crippen molar-refractivity contribution in [3.05, 3.63) is 76.8 Å². The van der Waals surface area contributed by atoms with Gasteiger partial charge in [-0.05, 0) is 62.2 Å². The van der Waals surface area contributed by atoms with E-state index in [2.05, 4.69) is 31.0 Å². The van der Waals surface area contributed by atoms with E-state index < -0.39 is 5.97 Å². The lowest BCUT2D eigenvalue weighted by Gasteiger charge is -2.15. The van der Waals surface area contributed by atoms with Gasteiger partial charge in [0.2, 0.25) is 0 Å². The van der Waals surface area contributed by atoms with Gasteiger partial charge in [-0.2, -0.15) is 0 Å². The molecule has 0 aliphatic carbocycles. The molecule has 0 saturated carbocycles. The van der Waals surface area contributed by atoms with Gasteiger partial charge in [0.25, 0.3) is 0 Å². The van der Waals surface area contributed by atoms with Crippen LogP contribution < -0.4 is 5.32 Å². The molecule has 2 N–H and O–H groups in total. The summed E-state index contributed by atoms with van der Waals surface area (Å²) < 4.78 is 0. The van der Waals surface area contributed by atoms with Crippen LogP contribution in [0, 0.1) is 0 Å². The molecule has 3 rings (SSSR count). The maximum absolute atomic E-state index is 11.1. The van der Waals surface area contributed by atoms with Gasteiger partial charge in [0, 0.05) is 21.8 Å². The Morgan fingerprint density at radius 3 is 2.59 bits per heavy atom. The molecule has 0 spiro atoms. The van der Waals surface area contributed by atoms with Gasteiger partial charge in [0.05, 0.1) is 10.4 Å². The standard InChI is InChI=1S/C23H23N3O2S/c1-4-7-17-13-14-20(29-17)22-25-19(6-3)18(8-5-2)21(26-22)24-16-11-9-15(10-12-16)23(27)28/h4-5,7,9-14H,2,6,8H2,1,3H3,(H,27,28)(H,24,25,26). The second-order valence-corrected chi connectivity index (χ2v) is 7.49. The van der Waals surface area contributed by atoms with Gasteiger partial charge in [0.15, 0.2) is 5.82 Å². The highest BCUT2D eigenvalue weighted by Gasteiger charge is 2.15. The van der Waals surface area contributed by atoms with Gasteiger partial charge in [-0.15, -0.1) is 17.9 Å². The molecule has 3 aromatic rings. The molecular formula is C23H23N3O2S. The summed E-state index contributed by atoms with van der Waals surface area (Å²) in [6, 6.07) is 10.7. The Morgan fingerprint density at radius 1 is 1.21 bits per heavy atom. The first-order valence-electron chi connectivity index (χ1n) is 9.39. The second-order valence-electron chi connectivity index (χ2n) is 6.38. The van der Waals surface area contributed by atoms with Crippen molar-refractivity contribution < 1.29 is 9.90 Å². The van der Waals surface area contributed by atoms with Crippen LogP contribution in [0.2, 0.25) is 0 Å².